The summed E-state index contributed by atoms with van der Waals surface area (Å²) in [5, 5.41) is 9.41. The van der Waals surface area contributed by atoms with Gasteiger partial charge in [-0.1, -0.05) is 18.2 Å². The monoisotopic (exact) mass is 334 g/mol. The number of hydrogen-bond acceptors (Lipinski definition) is 5. The molecule has 6 nitrogen and oxygen atoms in total. The number of hydrogen-bond donors (Lipinski definition) is 1. The molecule has 1 heterocycles. The molecule has 0 radical (unpaired) electrons. The maximum Gasteiger partial charge on any atom is 0.350 e. The van der Waals surface area contributed by atoms with E-state index in [0.717, 1.165) is 12.8 Å². The Hall–Kier alpha value is -2.34. The third-order valence-corrected chi connectivity index (χ3v) is 3.81. The standard InChI is InChI=1S/C16H15ClN2O4/c1-9-11-4-5-13(23-10-2-3-10)14(17)15(11)22-7-6-12(16(20)21)19-8-18-9/h4-5,8,10H,1-3,6-7H2,(H,20,21)/b18-8-,19-12+. The number of halogens is 1. The van der Waals surface area contributed by atoms with Crippen LogP contribution in [0, 0.1) is 0 Å². The zero-order valence-corrected chi connectivity index (χ0v) is 13.0. The number of fused-ring (bicyclic) bond motifs is 1. The van der Waals surface area contributed by atoms with Crippen LogP contribution in [0.25, 0.3) is 5.70 Å². The van der Waals surface area contributed by atoms with Crippen LogP contribution >= 0.6 is 11.6 Å². The van der Waals surface area contributed by atoms with E-state index in [1.165, 1.54) is 6.34 Å². The first-order valence-corrected chi connectivity index (χ1v) is 7.58. The van der Waals surface area contributed by atoms with Crippen LogP contribution in [0.4, 0.5) is 0 Å². The zero-order chi connectivity index (χ0) is 16.4. The van der Waals surface area contributed by atoms with Gasteiger partial charge in [-0.05, 0) is 25.0 Å². The van der Waals surface area contributed by atoms with Crippen LogP contribution in [0.1, 0.15) is 24.8 Å². The molecule has 1 fully saturated rings. The Labute approximate surface area is 138 Å². The fourth-order valence-corrected chi connectivity index (χ4v) is 2.34. The summed E-state index contributed by atoms with van der Waals surface area (Å²) in [7, 11) is 0. The highest BCUT2D eigenvalue weighted by molar-refractivity contribution is 6.37. The number of ether oxygens (including phenoxy) is 2. The largest absolute Gasteiger partial charge is 0.491 e. The molecule has 1 saturated carbocycles. The summed E-state index contributed by atoms with van der Waals surface area (Å²) in [6, 6.07) is 3.54. The predicted octanol–water partition coefficient (Wildman–Crippen LogP) is 3.19. The molecule has 1 aromatic carbocycles. The number of nitrogens with zero attached hydrogens (tertiary/aromatic N) is 2. The predicted molar refractivity (Wildman–Crippen MR) is 87.8 cm³/mol. The molecule has 120 valence electrons. The summed E-state index contributed by atoms with van der Waals surface area (Å²) >= 11 is 6.39. The highest BCUT2D eigenvalue weighted by Crippen LogP contribution is 2.42. The number of carbonyl (C=O) groups is 1. The lowest BCUT2D eigenvalue weighted by Gasteiger charge is -2.17. The normalized spacial score (nSPS) is 21.4. The van der Waals surface area contributed by atoms with Gasteiger partial charge < -0.3 is 14.6 Å². The van der Waals surface area contributed by atoms with E-state index in [-0.39, 0.29) is 24.8 Å². The van der Waals surface area contributed by atoms with E-state index in [9.17, 15) is 4.79 Å². The lowest BCUT2D eigenvalue weighted by molar-refractivity contribution is -0.129. The van der Waals surface area contributed by atoms with Gasteiger partial charge >= 0.3 is 5.97 Å². The quantitative estimate of drug-likeness (QED) is 0.920. The van der Waals surface area contributed by atoms with Crippen molar-refractivity contribution in [2.45, 2.75) is 25.4 Å². The Morgan fingerprint density at radius 3 is 2.91 bits per heavy atom. The zero-order valence-electron chi connectivity index (χ0n) is 12.3. The fourth-order valence-electron chi connectivity index (χ4n) is 2.08. The fraction of sp³-hybridized carbons (Fsp3) is 0.312. The van der Waals surface area contributed by atoms with Gasteiger partial charge in [0.1, 0.15) is 22.8 Å². The maximum atomic E-state index is 11.1. The van der Waals surface area contributed by atoms with E-state index in [1.807, 2.05) is 0 Å². The minimum Gasteiger partial charge on any atom is -0.491 e. The maximum absolute atomic E-state index is 11.1. The van der Waals surface area contributed by atoms with Crippen molar-refractivity contribution in [3.8, 4) is 11.5 Å². The Morgan fingerprint density at radius 1 is 1.43 bits per heavy atom. The van der Waals surface area contributed by atoms with Crippen molar-refractivity contribution in [2.24, 2.45) is 9.98 Å². The Bertz CT molecular complexity index is 723. The van der Waals surface area contributed by atoms with Crippen molar-refractivity contribution < 1.29 is 19.4 Å². The van der Waals surface area contributed by atoms with Crippen LogP contribution in [-0.2, 0) is 4.79 Å². The smallest absolute Gasteiger partial charge is 0.350 e. The van der Waals surface area contributed by atoms with E-state index in [0.29, 0.717) is 27.8 Å². The number of carboxylic acid groups (broad SMARTS) is 1. The van der Waals surface area contributed by atoms with E-state index in [4.69, 9.17) is 26.2 Å². The summed E-state index contributed by atoms with van der Waals surface area (Å²) in [5.74, 6) is -0.157. The van der Waals surface area contributed by atoms with Crippen LogP contribution in [0.2, 0.25) is 5.02 Å². The Balaban J connectivity index is 1.94. The highest BCUT2D eigenvalue weighted by atomic mass is 35.5. The molecular formula is C16H15ClN2O4. The number of rotatable bonds is 3. The van der Waals surface area contributed by atoms with Gasteiger partial charge in [-0.15, -0.1) is 0 Å². The van der Waals surface area contributed by atoms with Crippen LogP contribution in [-0.4, -0.2) is 35.8 Å². The molecule has 1 aromatic rings. The highest BCUT2D eigenvalue weighted by Gasteiger charge is 2.26. The van der Waals surface area contributed by atoms with Crippen molar-refractivity contribution >= 4 is 35.3 Å². The van der Waals surface area contributed by atoms with Crippen LogP contribution in [0.15, 0.2) is 28.7 Å². The lowest BCUT2D eigenvalue weighted by atomic mass is 10.1. The molecule has 0 atom stereocenters. The third kappa shape index (κ3) is 3.53. The number of aliphatic imine (C=N–C) groups is 2. The summed E-state index contributed by atoms with van der Waals surface area (Å²) in [6.07, 6.45) is 3.56. The molecule has 2 aliphatic rings. The second-order valence-corrected chi connectivity index (χ2v) is 5.62. The van der Waals surface area contributed by atoms with Gasteiger partial charge in [-0.3, -0.25) is 0 Å². The average molecular weight is 335 g/mol. The number of carboxylic acids is 1. The molecule has 23 heavy (non-hydrogen) atoms. The van der Waals surface area contributed by atoms with Crippen molar-refractivity contribution in [2.75, 3.05) is 6.61 Å². The molecule has 0 amide bonds. The van der Waals surface area contributed by atoms with E-state index in [2.05, 4.69) is 16.6 Å². The molecule has 0 aromatic heterocycles. The molecule has 0 bridgehead atoms. The van der Waals surface area contributed by atoms with E-state index >= 15 is 0 Å². The van der Waals surface area contributed by atoms with Crippen molar-refractivity contribution in [3.63, 3.8) is 0 Å². The number of aliphatic carboxylic acids is 1. The summed E-state index contributed by atoms with van der Waals surface area (Å²) < 4.78 is 11.4. The van der Waals surface area contributed by atoms with Gasteiger partial charge in [0.05, 0.1) is 18.4 Å². The minimum atomic E-state index is -1.11. The molecule has 0 saturated heterocycles. The van der Waals surface area contributed by atoms with Gasteiger partial charge in [0.25, 0.3) is 0 Å². The molecule has 1 N–H and O–H groups in total. The molecule has 1 aliphatic carbocycles. The summed E-state index contributed by atoms with van der Waals surface area (Å²) in [6.45, 7) is 3.98. The average Bonchev–Trinajstić information content (AvgIpc) is 3.32. The molecule has 0 unspecified atom stereocenters. The SMILES string of the molecule is C=C1/N=C\N=C(\C(=O)O)CCOc2c1ccc(OC1CC1)c2Cl. The van der Waals surface area contributed by atoms with E-state index < -0.39 is 5.97 Å². The molecule has 7 heteroatoms. The van der Waals surface area contributed by atoms with Gasteiger partial charge in [-0.25, -0.2) is 14.8 Å². The Morgan fingerprint density at radius 2 is 2.22 bits per heavy atom. The van der Waals surface area contributed by atoms with Gasteiger partial charge in [0.15, 0.2) is 5.75 Å². The van der Waals surface area contributed by atoms with Crippen LogP contribution < -0.4 is 9.47 Å². The molecule has 1 aliphatic heterocycles. The Kier molecular flexibility index (Phi) is 4.34. The molecular weight excluding hydrogens is 320 g/mol. The van der Waals surface area contributed by atoms with Crippen molar-refractivity contribution in [1.29, 1.82) is 0 Å². The van der Waals surface area contributed by atoms with E-state index in [1.54, 1.807) is 12.1 Å². The first-order valence-electron chi connectivity index (χ1n) is 7.20. The second kappa shape index (κ2) is 6.42. The second-order valence-electron chi connectivity index (χ2n) is 5.24. The number of benzene rings is 1. The van der Waals surface area contributed by atoms with Gasteiger partial charge in [0, 0.05) is 12.0 Å². The van der Waals surface area contributed by atoms with Crippen molar-refractivity contribution in [1.82, 2.24) is 0 Å². The first-order chi connectivity index (χ1) is 11.1. The van der Waals surface area contributed by atoms with Gasteiger partial charge in [0.2, 0.25) is 0 Å². The van der Waals surface area contributed by atoms with Gasteiger partial charge in [-0.2, -0.15) is 0 Å². The summed E-state index contributed by atoms with van der Waals surface area (Å²) in [4.78, 5) is 19.0. The first kappa shape index (κ1) is 15.6. The lowest BCUT2D eigenvalue weighted by Crippen LogP contribution is -2.17. The van der Waals surface area contributed by atoms with Crippen LogP contribution in [0.5, 0.6) is 11.5 Å². The van der Waals surface area contributed by atoms with Crippen molar-refractivity contribution in [3.05, 3.63) is 29.3 Å². The topological polar surface area (TPSA) is 80.5 Å². The summed E-state index contributed by atoms with van der Waals surface area (Å²) in [5.41, 5.74) is 0.977. The van der Waals surface area contributed by atoms with Crippen LogP contribution in [0.3, 0.4) is 0 Å². The third-order valence-electron chi connectivity index (χ3n) is 3.45. The minimum absolute atomic E-state index is 0.0356. The molecule has 0 spiro atoms. The molecule has 3 rings (SSSR count).